The van der Waals surface area contributed by atoms with Crippen LogP contribution in [0.5, 0.6) is 0 Å². The van der Waals surface area contributed by atoms with E-state index in [9.17, 15) is 31.5 Å². The molecule has 0 saturated heterocycles. The van der Waals surface area contributed by atoms with Gasteiger partial charge in [0.1, 0.15) is 6.04 Å². The number of para-hydroxylation sites is 1. The van der Waals surface area contributed by atoms with Gasteiger partial charge in [-0.05, 0) is 74.9 Å². The third-order valence-corrected chi connectivity index (χ3v) is 11.7. The summed E-state index contributed by atoms with van der Waals surface area (Å²) in [7, 11) is -8.01. The summed E-state index contributed by atoms with van der Waals surface area (Å²) < 4.78 is 58.0. The van der Waals surface area contributed by atoms with Gasteiger partial charge in [0.25, 0.3) is 0 Å². The molecule has 0 spiro atoms. The number of nitrogens with zero attached hydrogens (tertiary/aromatic N) is 1. The molecule has 1 heterocycles. The van der Waals surface area contributed by atoms with E-state index in [2.05, 4.69) is 15.0 Å². The number of hydrogen-bond acceptors (Lipinski definition) is 6. The molecule has 2 atom stereocenters. The second kappa shape index (κ2) is 16.6. The Morgan fingerprint density at radius 2 is 1.47 bits per heavy atom. The average molecular weight is 711 g/mol. The number of carbonyl (C=O) groups is 2. The van der Waals surface area contributed by atoms with Crippen LogP contribution in [0.25, 0.3) is 10.9 Å². The highest BCUT2D eigenvalue weighted by Crippen LogP contribution is 2.25. The summed E-state index contributed by atoms with van der Waals surface area (Å²) in [6, 6.07) is 18.5. The molecule has 1 amide bonds. The van der Waals surface area contributed by atoms with E-state index in [4.69, 9.17) is 0 Å². The summed E-state index contributed by atoms with van der Waals surface area (Å²) in [5.74, 6) is -1.66. The molecular weight excluding hydrogens is 665 g/mol. The van der Waals surface area contributed by atoms with Crippen molar-refractivity contribution in [2.24, 2.45) is 5.92 Å². The standard InChI is InChI=1S/C36H46N4O7S2/c1-25(2)24-40(49(46,47)31-18-14-27(4)15-19-31)29(22-35(41)42)9-7-8-20-37-36(43)34(21-28-23-38-33-11-6-5-10-32(28)33)39-48(44,45)30-16-12-26(3)13-17-30/h5-6,10-19,23,25,29,34,38-39H,7-9,20-22,24H2,1-4H3,(H,37,43)(H,41,42)/t29-,34-/m0/s1. The van der Waals surface area contributed by atoms with Gasteiger partial charge in [0.2, 0.25) is 26.0 Å². The largest absolute Gasteiger partial charge is 0.481 e. The topological polar surface area (TPSA) is 166 Å². The lowest BCUT2D eigenvalue weighted by molar-refractivity contribution is -0.138. The maximum atomic E-state index is 13.7. The van der Waals surface area contributed by atoms with Crippen molar-refractivity contribution in [1.82, 2.24) is 19.3 Å². The molecular formula is C36H46N4O7S2. The van der Waals surface area contributed by atoms with Crippen LogP contribution in [0, 0.1) is 19.8 Å². The van der Waals surface area contributed by atoms with Crippen LogP contribution in [0.3, 0.4) is 0 Å². The summed E-state index contributed by atoms with van der Waals surface area (Å²) in [5, 5.41) is 13.4. The van der Waals surface area contributed by atoms with E-state index in [0.29, 0.717) is 12.8 Å². The second-order valence-corrected chi connectivity index (χ2v) is 16.5. The van der Waals surface area contributed by atoms with Crippen molar-refractivity contribution in [2.45, 2.75) is 81.7 Å². The SMILES string of the molecule is Cc1ccc(S(=O)(=O)N[C@@H](Cc2c[nH]c3ccccc23)C(=O)NCCCC[C@@H](CC(=O)O)N(CC(C)C)S(=O)(=O)c2ccc(C)cc2)cc1. The number of carboxylic acid groups (broad SMARTS) is 1. The van der Waals surface area contributed by atoms with Gasteiger partial charge in [0.05, 0.1) is 16.2 Å². The van der Waals surface area contributed by atoms with E-state index in [1.54, 1.807) is 30.5 Å². The van der Waals surface area contributed by atoms with Gasteiger partial charge in [-0.3, -0.25) is 9.59 Å². The quantitative estimate of drug-likeness (QED) is 0.104. The number of amides is 1. The number of aryl methyl sites for hydroxylation is 2. The first-order valence-electron chi connectivity index (χ1n) is 16.4. The first kappa shape index (κ1) is 37.8. The Bertz CT molecular complexity index is 1940. The number of aromatic amines is 1. The van der Waals surface area contributed by atoms with Crippen LogP contribution in [0.4, 0.5) is 0 Å². The minimum atomic E-state index is -4.03. The Morgan fingerprint density at radius 1 is 0.857 bits per heavy atom. The van der Waals surface area contributed by atoms with Crippen LogP contribution in [0.1, 0.15) is 56.2 Å². The first-order valence-corrected chi connectivity index (χ1v) is 19.3. The number of fused-ring (bicyclic) bond motifs is 1. The zero-order valence-corrected chi connectivity index (χ0v) is 30.0. The maximum Gasteiger partial charge on any atom is 0.304 e. The number of nitrogens with one attached hydrogen (secondary N) is 3. The smallest absolute Gasteiger partial charge is 0.304 e. The molecule has 0 aliphatic heterocycles. The fourth-order valence-corrected chi connectivity index (χ4v) is 8.73. The first-order chi connectivity index (χ1) is 23.2. The molecule has 0 radical (unpaired) electrons. The van der Waals surface area contributed by atoms with Crippen LogP contribution in [-0.4, -0.2) is 68.3 Å². The van der Waals surface area contributed by atoms with Gasteiger partial charge in [0.15, 0.2) is 0 Å². The third kappa shape index (κ3) is 10.2. The Morgan fingerprint density at radius 3 is 2.08 bits per heavy atom. The number of aliphatic carboxylic acids is 1. The van der Waals surface area contributed by atoms with Crippen molar-refractivity contribution in [2.75, 3.05) is 13.1 Å². The monoisotopic (exact) mass is 710 g/mol. The molecule has 0 unspecified atom stereocenters. The Hall–Kier alpha value is -4.04. The van der Waals surface area contributed by atoms with E-state index in [0.717, 1.165) is 27.6 Å². The average Bonchev–Trinajstić information content (AvgIpc) is 3.45. The Kier molecular flexibility index (Phi) is 12.8. The van der Waals surface area contributed by atoms with Crippen molar-refractivity contribution in [3.05, 3.63) is 95.7 Å². The molecule has 11 nitrogen and oxygen atoms in total. The molecule has 264 valence electrons. The number of benzene rings is 3. The van der Waals surface area contributed by atoms with Gasteiger partial charge >= 0.3 is 5.97 Å². The summed E-state index contributed by atoms with van der Waals surface area (Å²) in [5.41, 5.74) is 3.45. The van der Waals surface area contributed by atoms with E-state index >= 15 is 0 Å². The molecule has 13 heteroatoms. The number of sulfonamides is 2. The van der Waals surface area contributed by atoms with Gasteiger partial charge in [-0.2, -0.15) is 9.03 Å². The van der Waals surface area contributed by atoms with E-state index < -0.39 is 44.0 Å². The highest BCUT2D eigenvalue weighted by atomic mass is 32.2. The highest BCUT2D eigenvalue weighted by Gasteiger charge is 2.33. The number of carbonyl (C=O) groups excluding carboxylic acids is 1. The fourth-order valence-electron chi connectivity index (χ4n) is 5.72. The van der Waals surface area contributed by atoms with Gasteiger partial charge < -0.3 is 15.4 Å². The molecule has 4 aromatic rings. The number of carboxylic acids is 1. The van der Waals surface area contributed by atoms with Crippen LogP contribution < -0.4 is 10.0 Å². The zero-order valence-electron chi connectivity index (χ0n) is 28.3. The summed E-state index contributed by atoms with van der Waals surface area (Å²) in [6.45, 7) is 7.81. The van der Waals surface area contributed by atoms with Crippen molar-refractivity contribution in [1.29, 1.82) is 0 Å². The minimum absolute atomic E-state index is 0.0471. The predicted octanol–water partition coefficient (Wildman–Crippen LogP) is 5.15. The molecule has 0 aliphatic carbocycles. The van der Waals surface area contributed by atoms with Crippen molar-refractivity contribution >= 4 is 42.8 Å². The Labute approximate surface area is 289 Å². The molecule has 1 aromatic heterocycles. The van der Waals surface area contributed by atoms with Gasteiger partial charge in [-0.1, -0.05) is 73.9 Å². The lowest BCUT2D eigenvalue weighted by Gasteiger charge is -2.31. The summed E-state index contributed by atoms with van der Waals surface area (Å²) in [6.07, 6.45) is 2.62. The van der Waals surface area contributed by atoms with Gasteiger partial charge in [0, 0.05) is 36.2 Å². The highest BCUT2D eigenvalue weighted by molar-refractivity contribution is 7.89. The lowest BCUT2D eigenvalue weighted by Crippen LogP contribution is -2.48. The van der Waals surface area contributed by atoms with Crippen LogP contribution in [0.15, 0.2) is 88.8 Å². The Balaban J connectivity index is 1.46. The van der Waals surface area contributed by atoms with Gasteiger partial charge in [-0.25, -0.2) is 16.8 Å². The summed E-state index contributed by atoms with van der Waals surface area (Å²) in [4.78, 5) is 28.7. The maximum absolute atomic E-state index is 13.7. The molecule has 0 fully saturated rings. The van der Waals surface area contributed by atoms with Gasteiger partial charge in [-0.15, -0.1) is 0 Å². The molecule has 3 aromatic carbocycles. The summed E-state index contributed by atoms with van der Waals surface area (Å²) >= 11 is 0. The minimum Gasteiger partial charge on any atom is -0.481 e. The number of aromatic nitrogens is 1. The predicted molar refractivity (Wildman–Crippen MR) is 190 cm³/mol. The van der Waals surface area contributed by atoms with Crippen molar-refractivity contribution in [3.8, 4) is 0 Å². The molecule has 0 aliphatic rings. The molecule has 49 heavy (non-hydrogen) atoms. The number of rotatable bonds is 18. The fraction of sp³-hybridized carbons (Fsp3) is 0.389. The van der Waals surface area contributed by atoms with E-state index in [1.165, 1.54) is 28.6 Å². The molecule has 0 saturated carbocycles. The van der Waals surface area contributed by atoms with Crippen LogP contribution >= 0.6 is 0 Å². The number of H-pyrrole nitrogens is 1. The molecule has 0 bridgehead atoms. The van der Waals surface area contributed by atoms with Crippen molar-refractivity contribution < 1.29 is 31.5 Å². The zero-order chi connectivity index (χ0) is 35.8. The number of hydrogen-bond donors (Lipinski definition) is 4. The lowest BCUT2D eigenvalue weighted by atomic mass is 10.0. The molecule has 4 rings (SSSR count). The van der Waals surface area contributed by atoms with E-state index in [1.807, 2.05) is 52.0 Å². The normalized spacial score (nSPS) is 13.5. The van der Waals surface area contributed by atoms with Crippen LogP contribution in [-0.2, 0) is 36.1 Å². The second-order valence-electron chi connectivity index (χ2n) is 12.9. The number of unbranched alkanes of at least 4 members (excludes halogenated alkanes) is 1. The van der Waals surface area contributed by atoms with E-state index in [-0.39, 0.29) is 48.1 Å². The van der Waals surface area contributed by atoms with Crippen molar-refractivity contribution in [3.63, 3.8) is 0 Å². The third-order valence-electron chi connectivity index (χ3n) is 8.30. The van der Waals surface area contributed by atoms with Crippen LogP contribution in [0.2, 0.25) is 0 Å². The molecule has 4 N–H and O–H groups in total.